The average Bonchev–Trinajstić information content (AvgIpc) is 2.43. The SMILES string of the molecule is [2H]C([2H])(c1nc(C)c(Cc2ccccc2)[nH]c1=O)C(C)C. The van der Waals surface area contributed by atoms with Crippen LogP contribution in [0.1, 0.15) is 39.2 Å². The third-order valence-electron chi connectivity index (χ3n) is 2.84. The van der Waals surface area contributed by atoms with Gasteiger partial charge in [-0.05, 0) is 24.8 Å². The van der Waals surface area contributed by atoms with Crippen LogP contribution in [0.2, 0.25) is 0 Å². The zero-order chi connectivity index (χ0) is 15.6. The molecule has 1 N–H and O–H groups in total. The molecule has 0 aliphatic rings. The lowest BCUT2D eigenvalue weighted by Gasteiger charge is -2.09. The van der Waals surface area contributed by atoms with E-state index in [4.69, 9.17) is 2.74 Å². The highest BCUT2D eigenvalue weighted by atomic mass is 16.1. The van der Waals surface area contributed by atoms with Gasteiger partial charge in [0.1, 0.15) is 5.69 Å². The van der Waals surface area contributed by atoms with Crippen LogP contribution in [0, 0.1) is 12.8 Å². The van der Waals surface area contributed by atoms with Gasteiger partial charge < -0.3 is 4.98 Å². The Kier molecular flexibility index (Phi) is 3.36. The number of aromatic nitrogens is 2. The fraction of sp³-hybridized carbons (Fsp3) is 0.375. The average molecular weight is 258 g/mol. The van der Waals surface area contributed by atoms with Crippen molar-refractivity contribution in [3.63, 3.8) is 0 Å². The summed E-state index contributed by atoms with van der Waals surface area (Å²) in [6.45, 7) is 5.29. The molecular formula is C16H20N2O. The van der Waals surface area contributed by atoms with E-state index < -0.39 is 11.9 Å². The molecule has 3 nitrogen and oxygen atoms in total. The molecule has 19 heavy (non-hydrogen) atoms. The number of hydrogen-bond acceptors (Lipinski definition) is 2. The van der Waals surface area contributed by atoms with E-state index in [2.05, 4.69) is 9.97 Å². The molecule has 0 amide bonds. The van der Waals surface area contributed by atoms with Crippen molar-refractivity contribution in [2.75, 3.05) is 0 Å². The predicted molar refractivity (Wildman–Crippen MR) is 77.4 cm³/mol. The first kappa shape index (κ1) is 11.0. The molecular weight excluding hydrogens is 236 g/mol. The van der Waals surface area contributed by atoms with Crippen LogP contribution in [0.5, 0.6) is 0 Å². The number of hydrogen-bond donors (Lipinski definition) is 1. The summed E-state index contributed by atoms with van der Waals surface area (Å²) in [4.78, 5) is 19.2. The first-order valence-electron chi connectivity index (χ1n) is 7.46. The molecule has 0 atom stereocenters. The van der Waals surface area contributed by atoms with Crippen LogP contribution >= 0.6 is 0 Å². The molecule has 3 heteroatoms. The van der Waals surface area contributed by atoms with E-state index >= 15 is 0 Å². The van der Waals surface area contributed by atoms with Crippen LogP contribution in [0.4, 0.5) is 0 Å². The molecule has 0 fully saturated rings. The Morgan fingerprint density at radius 1 is 1.32 bits per heavy atom. The van der Waals surface area contributed by atoms with E-state index in [9.17, 15) is 4.79 Å². The van der Waals surface area contributed by atoms with Crippen molar-refractivity contribution >= 4 is 0 Å². The van der Waals surface area contributed by atoms with Crippen molar-refractivity contribution in [2.24, 2.45) is 5.92 Å². The van der Waals surface area contributed by atoms with Gasteiger partial charge >= 0.3 is 0 Å². The molecule has 0 aliphatic heterocycles. The van der Waals surface area contributed by atoms with Crippen LogP contribution in [-0.4, -0.2) is 9.97 Å². The minimum atomic E-state index is -1.73. The molecule has 2 aromatic rings. The summed E-state index contributed by atoms with van der Waals surface area (Å²) < 4.78 is 16.1. The lowest BCUT2D eigenvalue weighted by atomic mass is 10.1. The van der Waals surface area contributed by atoms with E-state index in [1.165, 1.54) is 0 Å². The number of rotatable bonds is 4. The van der Waals surface area contributed by atoms with Gasteiger partial charge in [-0.3, -0.25) is 9.78 Å². The molecule has 0 unspecified atom stereocenters. The molecule has 1 aromatic heterocycles. The first-order valence-corrected chi connectivity index (χ1v) is 6.46. The third-order valence-corrected chi connectivity index (χ3v) is 2.84. The predicted octanol–water partition coefficient (Wildman–Crippen LogP) is 2.87. The van der Waals surface area contributed by atoms with Gasteiger partial charge in [0.05, 0.1) is 5.69 Å². The van der Waals surface area contributed by atoms with Crippen molar-refractivity contribution in [3.8, 4) is 0 Å². The highest BCUT2D eigenvalue weighted by Crippen LogP contribution is 2.10. The Morgan fingerprint density at radius 2 is 2.00 bits per heavy atom. The van der Waals surface area contributed by atoms with Gasteiger partial charge in [0, 0.05) is 14.9 Å². The molecule has 0 radical (unpaired) electrons. The highest BCUT2D eigenvalue weighted by Gasteiger charge is 2.09. The standard InChI is InChI=1S/C16H20N2O/c1-11(2)9-15-16(19)18-14(12(3)17-15)10-13-7-5-4-6-8-13/h4-8,11H,9-10H2,1-3H3,(H,18,19)/i9D2. The van der Waals surface area contributed by atoms with Crippen LogP contribution in [0.3, 0.4) is 0 Å². The van der Waals surface area contributed by atoms with Crippen LogP contribution < -0.4 is 5.56 Å². The normalized spacial score (nSPS) is 13.3. The second-order valence-electron chi connectivity index (χ2n) is 4.94. The van der Waals surface area contributed by atoms with Crippen molar-refractivity contribution < 1.29 is 2.74 Å². The van der Waals surface area contributed by atoms with Crippen LogP contribution in [-0.2, 0) is 12.8 Å². The minimum Gasteiger partial charge on any atom is -0.323 e. The van der Waals surface area contributed by atoms with Gasteiger partial charge in [-0.25, -0.2) is 0 Å². The van der Waals surface area contributed by atoms with E-state index in [0.29, 0.717) is 12.1 Å². The summed E-state index contributed by atoms with van der Waals surface area (Å²) in [7, 11) is 0. The maximum atomic E-state index is 12.2. The monoisotopic (exact) mass is 258 g/mol. The molecule has 0 saturated heterocycles. The van der Waals surface area contributed by atoms with E-state index in [1.54, 1.807) is 20.8 Å². The molecule has 0 spiro atoms. The second kappa shape index (κ2) is 5.83. The lowest BCUT2D eigenvalue weighted by molar-refractivity contribution is 0.625. The Morgan fingerprint density at radius 3 is 2.63 bits per heavy atom. The van der Waals surface area contributed by atoms with Crippen molar-refractivity contribution in [3.05, 3.63) is 63.3 Å². The van der Waals surface area contributed by atoms with Crippen molar-refractivity contribution in [1.82, 2.24) is 9.97 Å². The maximum Gasteiger partial charge on any atom is 0.269 e. The van der Waals surface area contributed by atoms with Crippen LogP contribution in [0.25, 0.3) is 0 Å². The molecule has 1 aromatic carbocycles. The molecule has 100 valence electrons. The third kappa shape index (κ3) is 3.53. The number of nitrogens with one attached hydrogen (secondary N) is 1. The summed E-state index contributed by atoms with van der Waals surface area (Å²) >= 11 is 0. The second-order valence-corrected chi connectivity index (χ2v) is 4.94. The minimum absolute atomic E-state index is 0.0354. The summed E-state index contributed by atoms with van der Waals surface area (Å²) in [6.07, 6.45) is -1.15. The Balaban J connectivity index is 2.41. The van der Waals surface area contributed by atoms with Gasteiger partial charge in [-0.1, -0.05) is 44.2 Å². The summed E-state index contributed by atoms with van der Waals surface area (Å²) in [5.41, 5.74) is 2.00. The highest BCUT2D eigenvalue weighted by molar-refractivity contribution is 5.24. The Bertz CT molecular complexity index is 678. The summed E-state index contributed by atoms with van der Waals surface area (Å²) in [5.74, 6) is -0.314. The zero-order valence-corrected chi connectivity index (χ0v) is 11.5. The van der Waals surface area contributed by atoms with Gasteiger partial charge in [-0.15, -0.1) is 0 Å². The number of aryl methyl sites for hydroxylation is 1. The van der Waals surface area contributed by atoms with Gasteiger partial charge in [0.15, 0.2) is 0 Å². The van der Waals surface area contributed by atoms with Gasteiger partial charge in [-0.2, -0.15) is 0 Å². The molecule has 0 bridgehead atoms. The molecule has 2 rings (SSSR count). The molecule has 1 heterocycles. The first-order chi connectivity index (χ1) is 9.82. The number of H-pyrrole nitrogens is 1. The number of aromatic amines is 1. The van der Waals surface area contributed by atoms with Crippen molar-refractivity contribution in [1.29, 1.82) is 0 Å². The fourth-order valence-corrected chi connectivity index (χ4v) is 1.92. The van der Waals surface area contributed by atoms with E-state index in [1.807, 2.05) is 30.3 Å². The largest absolute Gasteiger partial charge is 0.323 e. The molecule has 0 saturated carbocycles. The summed E-state index contributed by atoms with van der Waals surface area (Å²) in [6, 6.07) is 9.81. The topological polar surface area (TPSA) is 45.8 Å². The smallest absolute Gasteiger partial charge is 0.269 e. The fourth-order valence-electron chi connectivity index (χ4n) is 1.92. The Hall–Kier alpha value is -1.90. The lowest BCUT2D eigenvalue weighted by Crippen LogP contribution is -2.20. The number of benzene rings is 1. The van der Waals surface area contributed by atoms with E-state index in [-0.39, 0.29) is 11.6 Å². The van der Waals surface area contributed by atoms with Crippen molar-refractivity contribution in [2.45, 2.75) is 33.6 Å². The molecule has 0 aliphatic carbocycles. The maximum absolute atomic E-state index is 12.2. The Labute approximate surface area is 116 Å². The summed E-state index contributed by atoms with van der Waals surface area (Å²) in [5, 5.41) is 0. The van der Waals surface area contributed by atoms with Gasteiger partial charge in [0.2, 0.25) is 0 Å². The number of nitrogens with zero attached hydrogens (tertiary/aromatic N) is 1. The van der Waals surface area contributed by atoms with Gasteiger partial charge in [0.25, 0.3) is 5.56 Å². The van der Waals surface area contributed by atoms with E-state index in [0.717, 1.165) is 11.3 Å². The quantitative estimate of drug-likeness (QED) is 0.916. The van der Waals surface area contributed by atoms with Crippen LogP contribution in [0.15, 0.2) is 35.1 Å². The zero-order valence-electron chi connectivity index (χ0n) is 13.5.